The number of carbonyl (C=O) groups excluding carboxylic acids is 1. The molecule has 0 aromatic carbocycles. The molecule has 2 heterocycles. The molecule has 0 spiro atoms. The summed E-state index contributed by atoms with van der Waals surface area (Å²) >= 11 is 0. The number of nitrogens with one attached hydrogen (secondary N) is 1. The van der Waals surface area contributed by atoms with Crippen LogP contribution in [0.3, 0.4) is 0 Å². The van der Waals surface area contributed by atoms with Crippen LogP contribution >= 0.6 is 0 Å². The van der Waals surface area contributed by atoms with Crippen LogP contribution in [0.2, 0.25) is 0 Å². The van der Waals surface area contributed by atoms with Gasteiger partial charge in [-0.15, -0.1) is 0 Å². The third-order valence-corrected chi connectivity index (χ3v) is 3.37. The third-order valence-electron chi connectivity index (χ3n) is 3.37. The van der Waals surface area contributed by atoms with E-state index in [9.17, 15) is 4.79 Å². The minimum Gasteiger partial charge on any atom is -0.481 e. The number of nitrogens with zero attached hydrogens (tertiary/aromatic N) is 2. The first-order chi connectivity index (χ1) is 9.56. The van der Waals surface area contributed by atoms with Gasteiger partial charge in [0.2, 0.25) is 11.8 Å². The minimum atomic E-state index is -0.0998. The van der Waals surface area contributed by atoms with Crippen LogP contribution in [0.25, 0.3) is 11.0 Å². The van der Waals surface area contributed by atoms with Crippen molar-refractivity contribution in [2.75, 3.05) is 12.4 Å². The van der Waals surface area contributed by atoms with E-state index < -0.39 is 0 Å². The summed E-state index contributed by atoms with van der Waals surface area (Å²) in [6, 6.07) is 3.76. The quantitative estimate of drug-likeness (QED) is 0.929. The Labute approximate surface area is 118 Å². The van der Waals surface area contributed by atoms with Crippen LogP contribution in [0.15, 0.2) is 18.3 Å². The summed E-state index contributed by atoms with van der Waals surface area (Å²) in [5, 5.41) is 3.80. The van der Waals surface area contributed by atoms with Crippen molar-refractivity contribution in [3.8, 4) is 5.88 Å². The number of rotatable bonds is 4. The maximum atomic E-state index is 11.3. The predicted octanol–water partition coefficient (Wildman–Crippen LogP) is 3.11. The zero-order valence-electron chi connectivity index (χ0n) is 12.2. The van der Waals surface area contributed by atoms with Crippen molar-refractivity contribution >= 4 is 22.6 Å². The molecule has 2 aromatic rings. The molecule has 5 nitrogen and oxygen atoms in total. The fourth-order valence-electron chi connectivity index (χ4n) is 2.22. The fraction of sp³-hybridized carbons (Fsp3) is 0.400. The summed E-state index contributed by atoms with van der Waals surface area (Å²) < 4.78 is 5.12. The van der Waals surface area contributed by atoms with Crippen molar-refractivity contribution in [2.45, 2.75) is 33.1 Å². The van der Waals surface area contributed by atoms with Crippen LogP contribution in [-0.2, 0) is 4.79 Å². The number of amides is 1. The van der Waals surface area contributed by atoms with E-state index in [2.05, 4.69) is 29.1 Å². The minimum absolute atomic E-state index is 0.0998. The summed E-state index contributed by atoms with van der Waals surface area (Å²) in [4.78, 5) is 20.0. The lowest BCUT2D eigenvalue weighted by Crippen LogP contribution is -2.10. The normalized spacial score (nSPS) is 12.2. The molecule has 0 radical (unpaired) electrons. The van der Waals surface area contributed by atoms with Crippen LogP contribution in [0.4, 0.5) is 5.69 Å². The van der Waals surface area contributed by atoms with Crippen molar-refractivity contribution in [2.24, 2.45) is 0 Å². The maximum absolute atomic E-state index is 11.3. The molecule has 1 atom stereocenters. The van der Waals surface area contributed by atoms with Gasteiger partial charge in [0.25, 0.3) is 0 Å². The first-order valence-electron chi connectivity index (χ1n) is 6.68. The van der Waals surface area contributed by atoms with Gasteiger partial charge >= 0.3 is 0 Å². The molecular weight excluding hydrogens is 254 g/mol. The largest absolute Gasteiger partial charge is 0.481 e. The Morgan fingerprint density at radius 2 is 2.20 bits per heavy atom. The maximum Gasteiger partial charge on any atom is 0.221 e. The number of ether oxygens (including phenoxy) is 1. The van der Waals surface area contributed by atoms with Crippen LogP contribution < -0.4 is 10.1 Å². The van der Waals surface area contributed by atoms with E-state index in [0.717, 1.165) is 23.1 Å². The standard InChI is InChI=1S/C15H19N3O2/c1-5-9(2)14-11-6-7-13(20-4)18-15(11)16-8-12(14)17-10(3)19/h6-9H,5H2,1-4H3,(H,17,19)/t9-/m1/s1. The summed E-state index contributed by atoms with van der Waals surface area (Å²) in [6.07, 6.45) is 2.63. The van der Waals surface area contributed by atoms with Gasteiger partial charge in [0.1, 0.15) is 0 Å². The number of aromatic nitrogens is 2. The van der Waals surface area contributed by atoms with E-state index in [1.54, 1.807) is 13.3 Å². The second-order valence-corrected chi connectivity index (χ2v) is 4.80. The Hall–Kier alpha value is -2.17. The van der Waals surface area contributed by atoms with Crippen molar-refractivity contribution < 1.29 is 9.53 Å². The van der Waals surface area contributed by atoms with Gasteiger partial charge in [0, 0.05) is 18.4 Å². The topological polar surface area (TPSA) is 64.1 Å². The fourth-order valence-corrected chi connectivity index (χ4v) is 2.22. The summed E-state index contributed by atoms with van der Waals surface area (Å²) in [5.74, 6) is 0.738. The molecule has 0 unspecified atom stereocenters. The summed E-state index contributed by atoms with van der Waals surface area (Å²) in [6.45, 7) is 5.74. The average Bonchev–Trinajstić information content (AvgIpc) is 2.45. The smallest absolute Gasteiger partial charge is 0.221 e. The summed E-state index contributed by atoms with van der Waals surface area (Å²) in [7, 11) is 1.58. The molecule has 1 N–H and O–H groups in total. The number of hydrogen-bond donors (Lipinski definition) is 1. The van der Waals surface area contributed by atoms with E-state index in [1.165, 1.54) is 6.92 Å². The second-order valence-electron chi connectivity index (χ2n) is 4.80. The first kappa shape index (κ1) is 14.2. The third kappa shape index (κ3) is 2.71. The molecule has 2 aromatic heterocycles. The molecule has 0 bridgehead atoms. The highest BCUT2D eigenvalue weighted by molar-refractivity contribution is 5.94. The van der Waals surface area contributed by atoms with Crippen LogP contribution in [0.5, 0.6) is 5.88 Å². The highest BCUT2D eigenvalue weighted by Gasteiger charge is 2.16. The SMILES string of the molecule is CC[C@@H](C)c1c(NC(C)=O)cnc2nc(OC)ccc12. The number of fused-ring (bicyclic) bond motifs is 1. The molecule has 1 amide bonds. The van der Waals surface area contributed by atoms with Crippen molar-refractivity contribution in [1.29, 1.82) is 0 Å². The second kappa shape index (κ2) is 5.86. The highest BCUT2D eigenvalue weighted by Crippen LogP contribution is 2.33. The van der Waals surface area contributed by atoms with E-state index in [4.69, 9.17) is 4.74 Å². The Morgan fingerprint density at radius 1 is 1.45 bits per heavy atom. The lowest BCUT2D eigenvalue weighted by molar-refractivity contribution is -0.114. The molecule has 0 saturated carbocycles. The Balaban J connectivity index is 2.66. The predicted molar refractivity (Wildman–Crippen MR) is 79.1 cm³/mol. The molecule has 0 aliphatic rings. The van der Waals surface area contributed by atoms with Crippen LogP contribution in [-0.4, -0.2) is 23.0 Å². The zero-order chi connectivity index (χ0) is 14.7. The number of carbonyl (C=O) groups is 1. The Kier molecular flexibility index (Phi) is 4.17. The van der Waals surface area contributed by atoms with Gasteiger partial charge in [0.05, 0.1) is 19.0 Å². The van der Waals surface area contributed by atoms with Gasteiger partial charge in [-0.1, -0.05) is 13.8 Å². The van der Waals surface area contributed by atoms with E-state index >= 15 is 0 Å². The number of pyridine rings is 2. The van der Waals surface area contributed by atoms with Crippen LogP contribution in [0.1, 0.15) is 38.7 Å². The van der Waals surface area contributed by atoms with Crippen LogP contribution in [0, 0.1) is 0 Å². The Bertz CT molecular complexity index is 640. The molecule has 20 heavy (non-hydrogen) atoms. The van der Waals surface area contributed by atoms with Crippen molar-refractivity contribution in [1.82, 2.24) is 9.97 Å². The molecule has 5 heteroatoms. The Morgan fingerprint density at radius 3 is 2.80 bits per heavy atom. The van der Waals surface area contributed by atoms with Gasteiger partial charge in [0.15, 0.2) is 5.65 Å². The molecule has 0 aliphatic heterocycles. The molecule has 2 rings (SSSR count). The first-order valence-corrected chi connectivity index (χ1v) is 6.68. The monoisotopic (exact) mass is 273 g/mol. The molecule has 0 saturated heterocycles. The van der Waals surface area contributed by atoms with Crippen molar-refractivity contribution in [3.63, 3.8) is 0 Å². The molecule has 106 valence electrons. The van der Waals surface area contributed by atoms with E-state index in [0.29, 0.717) is 17.4 Å². The number of anilines is 1. The highest BCUT2D eigenvalue weighted by atomic mass is 16.5. The van der Waals surface area contributed by atoms with Gasteiger partial charge in [-0.05, 0) is 24.0 Å². The lowest BCUT2D eigenvalue weighted by atomic mass is 9.94. The van der Waals surface area contributed by atoms with Gasteiger partial charge in [-0.25, -0.2) is 4.98 Å². The van der Waals surface area contributed by atoms with E-state index in [-0.39, 0.29) is 5.91 Å². The molecular formula is C15H19N3O2. The van der Waals surface area contributed by atoms with E-state index in [1.807, 2.05) is 12.1 Å². The number of methoxy groups -OCH3 is 1. The van der Waals surface area contributed by atoms with Gasteiger partial charge in [-0.2, -0.15) is 4.98 Å². The summed E-state index contributed by atoms with van der Waals surface area (Å²) in [5.41, 5.74) is 2.46. The molecule has 0 fully saturated rings. The lowest BCUT2D eigenvalue weighted by Gasteiger charge is -2.17. The zero-order valence-corrected chi connectivity index (χ0v) is 12.2. The average molecular weight is 273 g/mol. The molecule has 0 aliphatic carbocycles. The van der Waals surface area contributed by atoms with Gasteiger partial charge < -0.3 is 10.1 Å². The van der Waals surface area contributed by atoms with Crippen molar-refractivity contribution in [3.05, 3.63) is 23.9 Å². The van der Waals surface area contributed by atoms with Gasteiger partial charge in [-0.3, -0.25) is 4.79 Å². The number of hydrogen-bond acceptors (Lipinski definition) is 4.